The van der Waals surface area contributed by atoms with Crippen molar-refractivity contribution < 1.29 is 4.74 Å². The molecule has 0 aliphatic heterocycles. The van der Waals surface area contributed by atoms with Crippen molar-refractivity contribution in [1.82, 2.24) is 0 Å². The van der Waals surface area contributed by atoms with Gasteiger partial charge in [0.2, 0.25) is 0 Å². The third kappa shape index (κ3) is 3.77. The largest absolute Gasteiger partial charge is 0.497 e. The molecule has 1 N–H and O–H groups in total. The van der Waals surface area contributed by atoms with Gasteiger partial charge in [0.1, 0.15) is 5.75 Å². The van der Waals surface area contributed by atoms with E-state index < -0.39 is 0 Å². The number of aryl methyl sites for hydroxylation is 1. The molecule has 0 spiro atoms. The van der Waals surface area contributed by atoms with Crippen LogP contribution in [0.15, 0.2) is 48.5 Å². The van der Waals surface area contributed by atoms with E-state index in [-0.39, 0.29) is 6.04 Å². The summed E-state index contributed by atoms with van der Waals surface area (Å²) in [4.78, 5) is 0. The summed E-state index contributed by atoms with van der Waals surface area (Å²) >= 11 is 0. The van der Waals surface area contributed by atoms with Crippen LogP contribution in [0, 0.1) is 0 Å². The number of nitrogens with one attached hydrogen (secondary N) is 1. The molecule has 1 unspecified atom stereocenters. The lowest BCUT2D eigenvalue weighted by Crippen LogP contribution is -2.06. The molecule has 2 heteroatoms. The molecule has 0 bridgehead atoms. The van der Waals surface area contributed by atoms with Gasteiger partial charge in [-0.25, -0.2) is 0 Å². The van der Waals surface area contributed by atoms with Gasteiger partial charge in [-0.2, -0.15) is 0 Å². The Balaban J connectivity index is 2.04. The highest BCUT2D eigenvalue weighted by atomic mass is 16.5. The molecule has 2 nitrogen and oxygen atoms in total. The van der Waals surface area contributed by atoms with Gasteiger partial charge in [0.15, 0.2) is 0 Å². The Morgan fingerprint density at radius 3 is 2.50 bits per heavy atom. The Bertz CT molecular complexity index is 533. The summed E-state index contributed by atoms with van der Waals surface area (Å²) in [6, 6.07) is 17.1. The number of benzene rings is 2. The zero-order chi connectivity index (χ0) is 14.4. The van der Waals surface area contributed by atoms with Crippen molar-refractivity contribution in [3.8, 4) is 5.75 Å². The van der Waals surface area contributed by atoms with E-state index >= 15 is 0 Å². The molecule has 0 aliphatic carbocycles. The first kappa shape index (κ1) is 14.4. The predicted molar refractivity (Wildman–Crippen MR) is 85.5 cm³/mol. The van der Waals surface area contributed by atoms with E-state index in [1.165, 1.54) is 17.5 Å². The zero-order valence-corrected chi connectivity index (χ0v) is 12.5. The Hall–Kier alpha value is -1.96. The molecule has 20 heavy (non-hydrogen) atoms. The third-order valence-corrected chi connectivity index (χ3v) is 3.47. The minimum atomic E-state index is 0.252. The van der Waals surface area contributed by atoms with Gasteiger partial charge in [-0.3, -0.25) is 0 Å². The van der Waals surface area contributed by atoms with Gasteiger partial charge >= 0.3 is 0 Å². The molecule has 0 saturated heterocycles. The smallest absolute Gasteiger partial charge is 0.119 e. The van der Waals surface area contributed by atoms with Gasteiger partial charge in [0.25, 0.3) is 0 Å². The van der Waals surface area contributed by atoms with Crippen molar-refractivity contribution in [3.63, 3.8) is 0 Å². The van der Waals surface area contributed by atoms with Gasteiger partial charge in [0, 0.05) is 11.7 Å². The zero-order valence-electron chi connectivity index (χ0n) is 12.5. The fraction of sp³-hybridized carbons (Fsp3) is 0.333. The van der Waals surface area contributed by atoms with Crippen LogP contribution in [0.4, 0.5) is 5.69 Å². The summed E-state index contributed by atoms with van der Waals surface area (Å²) in [6.07, 6.45) is 2.33. The number of anilines is 1. The van der Waals surface area contributed by atoms with E-state index in [0.29, 0.717) is 0 Å². The summed E-state index contributed by atoms with van der Waals surface area (Å²) in [5, 5.41) is 3.52. The standard InChI is InChI=1S/C18H23NO/c1-4-6-15-9-11-17(12-10-15)19-14(2)16-7-5-8-18(13-16)20-3/h5,7-14,19H,4,6H2,1-3H3. The third-order valence-electron chi connectivity index (χ3n) is 3.47. The fourth-order valence-corrected chi connectivity index (χ4v) is 2.30. The van der Waals surface area contributed by atoms with Crippen molar-refractivity contribution in [2.75, 3.05) is 12.4 Å². The van der Waals surface area contributed by atoms with E-state index in [4.69, 9.17) is 4.74 Å². The maximum absolute atomic E-state index is 5.27. The molecule has 0 aliphatic rings. The quantitative estimate of drug-likeness (QED) is 0.811. The van der Waals surface area contributed by atoms with Crippen LogP contribution in [-0.2, 0) is 6.42 Å². The van der Waals surface area contributed by atoms with Crippen molar-refractivity contribution in [3.05, 3.63) is 59.7 Å². The number of hydrogen-bond donors (Lipinski definition) is 1. The number of methoxy groups -OCH3 is 1. The maximum Gasteiger partial charge on any atom is 0.119 e. The van der Waals surface area contributed by atoms with E-state index in [1.54, 1.807) is 7.11 Å². The van der Waals surface area contributed by atoms with E-state index in [0.717, 1.165) is 17.9 Å². The van der Waals surface area contributed by atoms with E-state index in [2.05, 4.69) is 55.6 Å². The van der Waals surface area contributed by atoms with Crippen molar-refractivity contribution >= 4 is 5.69 Å². The monoisotopic (exact) mass is 269 g/mol. The lowest BCUT2D eigenvalue weighted by molar-refractivity contribution is 0.414. The van der Waals surface area contributed by atoms with Crippen LogP contribution in [0.5, 0.6) is 5.75 Å². The van der Waals surface area contributed by atoms with Crippen LogP contribution < -0.4 is 10.1 Å². The van der Waals surface area contributed by atoms with Gasteiger partial charge < -0.3 is 10.1 Å². The van der Waals surface area contributed by atoms with Gasteiger partial charge in [0.05, 0.1) is 7.11 Å². The summed E-state index contributed by atoms with van der Waals surface area (Å²) in [5.74, 6) is 0.898. The van der Waals surface area contributed by atoms with Crippen LogP contribution in [0.2, 0.25) is 0 Å². The lowest BCUT2D eigenvalue weighted by atomic mass is 10.1. The molecular weight excluding hydrogens is 246 g/mol. The van der Waals surface area contributed by atoms with Crippen LogP contribution in [-0.4, -0.2) is 7.11 Å². The Kier molecular flexibility index (Phi) is 5.05. The molecule has 0 heterocycles. The Morgan fingerprint density at radius 1 is 1.10 bits per heavy atom. The molecule has 0 saturated carbocycles. The van der Waals surface area contributed by atoms with Crippen LogP contribution >= 0.6 is 0 Å². The minimum absolute atomic E-state index is 0.252. The number of rotatable bonds is 6. The Morgan fingerprint density at radius 2 is 1.85 bits per heavy atom. The summed E-state index contributed by atoms with van der Waals surface area (Å²) in [7, 11) is 1.70. The molecular formula is C18H23NO. The van der Waals surface area contributed by atoms with Gasteiger partial charge in [-0.1, -0.05) is 37.6 Å². The lowest BCUT2D eigenvalue weighted by Gasteiger charge is -2.16. The summed E-state index contributed by atoms with van der Waals surface area (Å²) in [6.45, 7) is 4.37. The molecule has 2 rings (SSSR count). The molecule has 0 aromatic heterocycles. The Labute approximate surface area is 121 Å². The van der Waals surface area contributed by atoms with Crippen molar-refractivity contribution in [1.29, 1.82) is 0 Å². The SMILES string of the molecule is CCCc1ccc(NC(C)c2cccc(OC)c2)cc1. The van der Waals surface area contributed by atoms with Gasteiger partial charge in [-0.05, 0) is 48.7 Å². The average molecular weight is 269 g/mol. The number of ether oxygens (including phenoxy) is 1. The molecule has 2 aromatic carbocycles. The molecule has 0 radical (unpaired) electrons. The normalized spacial score (nSPS) is 11.9. The van der Waals surface area contributed by atoms with Crippen LogP contribution in [0.3, 0.4) is 0 Å². The maximum atomic E-state index is 5.27. The summed E-state index contributed by atoms with van der Waals surface area (Å²) in [5.41, 5.74) is 3.77. The second-order valence-electron chi connectivity index (χ2n) is 5.09. The first-order chi connectivity index (χ1) is 9.72. The van der Waals surface area contributed by atoms with Crippen molar-refractivity contribution in [2.45, 2.75) is 32.7 Å². The van der Waals surface area contributed by atoms with Crippen molar-refractivity contribution in [2.24, 2.45) is 0 Å². The van der Waals surface area contributed by atoms with Crippen LogP contribution in [0.1, 0.15) is 37.4 Å². The molecule has 2 aromatic rings. The predicted octanol–water partition coefficient (Wildman–Crippen LogP) is 4.82. The highest BCUT2D eigenvalue weighted by molar-refractivity contribution is 5.47. The topological polar surface area (TPSA) is 21.3 Å². The van der Waals surface area contributed by atoms with E-state index in [1.807, 2.05) is 12.1 Å². The average Bonchev–Trinajstić information content (AvgIpc) is 2.49. The first-order valence-electron chi connectivity index (χ1n) is 7.22. The molecule has 0 fully saturated rings. The fourth-order valence-electron chi connectivity index (χ4n) is 2.30. The van der Waals surface area contributed by atoms with Crippen LogP contribution in [0.25, 0.3) is 0 Å². The second kappa shape index (κ2) is 6.99. The second-order valence-corrected chi connectivity index (χ2v) is 5.09. The number of hydrogen-bond acceptors (Lipinski definition) is 2. The highest BCUT2D eigenvalue weighted by Gasteiger charge is 2.06. The minimum Gasteiger partial charge on any atom is -0.497 e. The first-order valence-corrected chi connectivity index (χ1v) is 7.22. The molecule has 1 atom stereocenters. The molecule has 0 amide bonds. The highest BCUT2D eigenvalue weighted by Crippen LogP contribution is 2.23. The van der Waals surface area contributed by atoms with E-state index in [9.17, 15) is 0 Å². The molecule has 106 valence electrons. The van der Waals surface area contributed by atoms with Gasteiger partial charge in [-0.15, -0.1) is 0 Å². The summed E-state index contributed by atoms with van der Waals surface area (Å²) < 4.78 is 5.27.